The third-order valence-electron chi connectivity index (χ3n) is 2.69. The zero-order chi connectivity index (χ0) is 13.0. The van der Waals surface area contributed by atoms with Gasteiger partial charge in [0, 0.05) is 22.4 Å². The fourth-order valence-electron chi connectivity index (χ4n) is 1.82. The van der Waals surface area contributed by atoms with Crippen LogP contribution in [0.4, 0.5) is 0 Å². The first-order valence-electron chi connectivity index (χ1n) is 5.72. The number of benzene rings is 1. The molecule has 0 radical (unpaired) electrons. The first-order chi connectivity index (χ1) is 8.69. The molecule has 2 rings (SSSR count). The lowest BCUT2D eigenvalue weighted by Crippen LogP contribution is -2.16. The third-order valence-corrected chi connectivity index (χ3v) is 4.60. The Morgan fingerprint density at radius 3 is 2.78 bits per heavy atom. The highest BCUT2D eigenvalue weighted by atomic mass is 79.9. The Morgan fingerprint density at radius 2 is 2.11 bits per heavy atom. The number of hydrogen-bond acceptors (Lipinski definition) is 3. The molecule has 4 heteroatoms. The monoisotopic (exact) mass is 325 g/mol. The second kappa shape index (κ2) is 6.36. The molecule has 0 unspecified atom stereocenters. The van der Waals surface area contributed by atoms with Gasteiger partial charge in [0.2, 0.25) is 0 Å². The lowest BCUT2D eigenvalue weighted by molar-refractivity contribution is 0.320. The van der Waals surface area contributed by atoms with E-state index >= 15 is 0 Å². The number of rotatable bonds is 5. The van der Waals surface area contributed by atoms with Crippen molar-refractivity contribution >= 4 is 27.3 Å². The molecule has 0 aliphatic carbocycles. The lowest BCUT2D eigenvalue weighted by atomic mass is 10.2. The van der Waals surface area contributed by atoms with Crippen LogP contribution in [0, 0.1) is 0 Å². The molecule has 0 aliphatic heterocycles. The van der Waals surface area contributed by atoms with Crippen molar-refractivity contribution in [3.63, 3.8) is 0 Å². The predicted octanol–water partition coefficient (Wildman–Crippen LogP) is 4.15. The number of halogens is 1. The van der Waals surface area contributed by atoms with E-state index in [9.17, 15) is 0 Å². The summed E-state index contributed by atoms with van der Waals surface area (Å²) in [6, 6.07) is 10.3. The second-order valence-electron chi connectivity index (χ2n) is 4.22. The molecule has 18 heavy (non-hydrogen) atoms. The van der Waals surface area contributed by atoms with E-state index in [4.69, 9.17) is 4.74 Å². The van der Waals surface area contributed by atoms with Crippen molar-refractivity contribution in [1.29, 1.82) is 0 Å². The largest absolute Gasteiger partial charge is 0.497 e. The van der Waals surface area contributed by atoms with E-state index in [0.29, 0.717) is 0 Å². The van der Waals surface area contributed by atoms with Gasteiger partial charge >= 0.3 is 0 Å². The van der Waals surface area contributed by atoms with E-state index in [2.05, 4.69) is 51.5 Å². The minimum Gasteiger partial charge on any atom is -0.497 e. The summed E-state index contributed by atoms with van der Waals surface area (Å²) in [4.78, 5) is 3.66. The molecule has 1 aromatic heterocycles. The molecule has 0 atom stereocenters. The molecule has 0 bridgehead atoms. The third kappa shape index (κ3) is 3.57. The predicted molar refractivity (Wildman–Crippen MR) is 80.2 cm³/mol. The minimum absolute atomic E-state index is 0.915. The molecule has 0 saturated carbocycles. The maximum atomic E-state index is 5.24. The molecule has 96 valence electrons. The van der Waals surface area contributed by atoms with E-state index in [1.54, 1.807) is 18.4 Å². The SMILES string of the molecule is COc1cccc(CN(C)Cc2sccc2Br)c1. The van der Waals surface area contributed by atoms with Crippen LogP contribution < -0.4 is 4.74 Å². The van der Waals surface area contributed by atoms with Crippen LogP contribution in [0.1, 0.15) is 10.4 Å². The lowest BCUT2D eigenvalue weighted by Gasteiger charge is -2.16. The summed E-state index contributed by atoms with van der Waals surface area (Å²) in [6.45, 7) is 1.87. The van der Waals surface area contributed by atoms with Crippen LogP contribution in [0.25, 0.3) is 0 Å². The van der Waals surface area contributed by atoms with Crippen LogP contribution in [-0.4, -0.2) is 19.1 Å². The molecule has 0 N–H and O–H groups in total. The summed E-state index contributed by atoms with van der Waals surface area (Å²) in [6.07, 6.45) is 0. The van der Waals surface area contributed by atoms with Crippen LogP contribution in [0.2, 0.25) is 0 Å². The highest BCUT2D eigenvalue weighted by molar-refractivity contribution is 9.10. The van der Waals surface area contributed by atoms with Crippen LogP contribution in [0.5, 0.6) is 5.75 Å². The Kier molecular flexibility index (Phi) is 4.80. The molecule has 0 amide bonds. The van der Waals surface area contributed by atoms with Gasteiger partial charge in [-0.15, -0.1) is 11.3 Å². The molecule has 0 fully saturated rings. The summed E-state index contributed by atoms with van der Waals surface area (Å²) < 4.78 is 6.44. The highest BCUT2D eigenvalue weighted by Crippen LogP contribution is 2.24. The standard InChI is InChI=1S/C14H16BrNOS/c1-16(10-14-13(15)6-7-18-14)9-11-4-3-5-12(8-11)17-2/h3-8H,9-10H2,1-2H3. The Morgan fingerprint density at radius 1 is 1.28 bits per heavy atom. The molecule has 2 nitrogen and oxygen atoms in total. The van der Waals surface area contributed by atoms with Gasteiger partial charge in [-0.25, -0.2) is 0 Å². The van der Waals surface area contributed by atoms with E-state index in [1.165, 1.54) is 14.9 Å². The fraction of sp³-hybridized carbons (Fsp3) is 0.286. The number of methoxy groups -OCH3 is 1. The normalized spacial score (nSPS) is 10.9. The van der Waals surface area contributed by atoms with Gasteiger partial charge in [0.05, 0.1) is 7.11 Å². The molecule has 1 heterocycles. The van der Waals surface area contributed by atoms with Crippen LogP contribution >= 0.6 is 27.3 Å². The molecular weight excluding hydrogens is 310 g/mol. The van der Waals surface area contributed by atoms with E-state index in [-0.39, 0.29) is 0 Å². The van der Waals surface area contributed by atoms with Crippen molar-refractivity contribution < 1.29 is 4.74 Å². The van der Waals surface area contributed by atoms with Gasteiger partial charge < -0.3 is 4.74 Å². The van der Waals surface area contributed by atoms with E-state index < -0.39 is 0 Å². The molecular formula is C14H16BrNOS. The Balaban J connectivity index is 1.98. The zero-order valence-corrected chi connectivity index (χ0v) is 12.9. The van der Waals surface area contributed by atoms with Crippen molar-refractivity contribution in [3.05, 3.63) is 50.6 Å². The number of nitrogens with zero attached hydrogens (tertiary/aromatic N) is 1. The van der Waals surface area contributed by atoms with Gasteiger partial charge in [-0.05, 0) is 52.1 Å². The van der Waals surface area contributed by atoms with Crippen molar-refractivity contribution in [1.82, 2.24) is 4.90 Å². The quantitative estimate of drug-likeness (QED) is 0.818. The summed E-state index contributed by atoms with van der Waals surface area (Å²) >= 11 is 5.35. The van der Waals surface area contributed by atoms with Gasteiger partial charge in [0.15, 0.2) is 0 Å². The van der Waals surface area contributed by atoms with Crippen molar-refractivity contribution in [2.24, 2.45) is 0 Å². The Hall–Kier alpha value is -0.840. The molecule has 1 aromatic carbocycles. The summed E-state index contributed by atoms with van der Waals surface area (Å²) in [5, 5.41) is 2.11. The minimum atomic E-state index is 0.915. The number of ether oxygens (including phenoxy) is 1. The van der Waals surface area contributed by atoms with E-state index in [1.807, 2.05) is 12.1 Å². The topological polar surface area (TPSA) is 12.5 Å². The average molecular weight is 326 g/mol. The molecule has 2 aromatic rings. The van der Waals surface area contributed by atoms with Crippen LogP contribution in [0.3, 0.4) is 0 Å². The van der Waals surface area contributed by atoms with Crippen molar-refractivity contribution in [2.75, 3.05) is 14.2 Å². The van der Waals surface area contributed by atoms with Gasteiger partial charge in [-0.2, -0.15) is 0 Å². The summed E-state index contributed by atoms with van der Waals surface area (Å²) in [7, 11) is 3.83. The first-order valence-corrected chi connectivity index (χ1v) is 7.39. The second-order valence-corrected chi connectivity index (χ2v) is 6.07. The maximum absolute atomic E-state index is 5.24. The average Bonchev–Trinajstić information content (AvgIpc) is 2.75. The van der Waals surface area contributed by atoms with Crippen LogP contribution in [0.15, 0.2) is 40.2 Å². The highest BCUT2D eigenvalue weighted by Gasteiger charge is 2.06. The van der Waals surface area contributed by atoms with Crippen molar-refractivity contribution in [3.8, 4) is 5.75 Å². The molecule has 0 spiro atoms. The summed E-state index contributed by atoms with van der Waals surface area (Å²) in [5.41, 5.74) is 1.27. The fourth-order valence-corrected chi connectivity index (χ4v) is 3.38. The Labute approximate surface area is 120 Å². The van der Waals surface area contributed by atoms with Gasteiger partial charge in [0.25, 0.3) is 0 Å². The summed E-state index contributed by atoms with van der Waals surface area (Å²) in [5.74, 6) is 0.915. The zero-order valence-electron chi connectivity index (χ0n) is 10.5. The Bertz CT molecular complexity index is 512. The smallest absolute Gasteiger partial charge is 0.119 e. The van der Waals surface area contributed by atoms with Gasteiger partial charge in [-0.1, -0.05) is 12.1 Å². The van der Waals surface area contributed by atoms with Crippen LogP contribution in [-0.2, 0) is 13.1 Å². The van der Waals surface area contributed by atoms with Crippen molar-refractivity contribution in [2.45, 2.75) is 13.1 Å². The van der Waals surface area contributed by atoms with Gasteiger partial charge in [-0.3, -0.25) is 4.90 Å². The maximum Gasteiger partial charge on any atom is 0.119 e. The first kappa shape index (κ1) is 13.6. The van der Waals surface area contributed by atoms with E-state index in [0.717, 1.165) is 18.8 Å². The molecule has 0 saturated heterocycles. The molecule has 0 aliphatic rings. The number of hydrogen-bond donors (Lipinski definition) is 0. The van der Waals surface area contributed by atoms with Gasteiger partial charge in [0.1, 0.15) is 5.75 Å². The number of thiophene rings is 1.